The van der Waals surface area contributed by atoms with E-state index in [1.807, 2.05) is 31.2 Å². The number of nitrogens with one attached hydrogen (secondary N) is 2. The van der Waals surface area contributed by atoms with Gasteiger partial charge >= 0.3 is 0 Å². The quantitative estimate of drug-likeness (QED) is 0.679. The van der Waals surface area contributed by atoms with Gasteiger partial charge < -0.3 is 20.1 Å². The number of hydrogen-bond acceptors (Lipinski definition) is 5. The monoisotopic (exact) mass is 363 g/mol. The number of aromatic nitrogens is 1. The summed E-state index contributed by atoms with van der Waals surface area (Å²) in [4.78, 5) is 16.7. The van der Waals surface area contributed by atoms with Crippen molar-refractivity contribution in [2.45, 2.75) is 6.92 Å². The van der Waals surface area contributed by atoms with Gasteiger partial charge in [-0.3, -0.25) is 9.78 Å². The van der Waals surface area contributed by atoms with Gasteiger partial charge in [0.1, 0.15) is 0 Å². The number of benzene rings is 2. The van der Waals surface area contributed by atoms with Crippen LogP contribution in [0.5, 0.6) is 11.5 Å². The van der Waals surface area contributed by atoms with E-state index in [4.69, 9.17) is 9.47 Å². The molecule has 0 bridgehead atoms. The highest BCUT2D eigenvalue weighted by Gasteiger charge is 2.10. The lowest BCUT2D eigenvalue weighted by Crippen LogP contribution is -2.12. The van der Waals surface area contributed by atoms with Gasteiger partial charge in [0.15, 0.2) is 11.5 Å². The van der Waals surface area contributed by atoms with Crippen LogP contribution >= 0.6 is 0 Å². The maximum Gasteiger partial charge on any atom is 0.257 e. The fourth-order valence-corrected chi connectivity index (χ4v) is 2.64. The normalized spacial score (nSPS) is 10.2. The summed E-state index contributed by atoms with van der Waals surface area (Å²) >= 11 is 0. The van der Waals surface area contributed by atoms with Gasteiger partial charge in [0.25, 0.3) is 5.91 Å². The molecule has 0 saturated heterocycles. The van der Waals surface area contributed by atoms with E-state index in [0.717, 1.165) is 16.9 Å². The molecule has 3 rings (SSSR count). The summed E-state index contributed by atoms with van der Waals surface area (Å²) in [5, 5.41) is 6.10. The Morgan fingerprint density at radius 3 is 2.44 bits per heavy atom. The number of hydrogen-bond donors (Lipinski definition) is 2. The van der Waals surface area contributed by atoms with E-state index in [0.29, 0.717) is 22.7 Å². The van der Waals surface area contributed by atoms with Gasteiger partial charge in [-0.15, -0.1) is 0 Å². The third kappa shape index (κ3) is 4.55. The van der Waals surface area contributed by atoms with Gasteiger partial charge in [0.2, 0.25) is 0 Å². The van der Waals surface area contributed by atoms with E-state index in [2.05, 4.69) is 15.6 Å². The molecule has 1 aromatic heterocycles. The van der Waals surface area contributed by atoms with Gasteiger partial charge in [-0.1, -0.05) is 12.1 Å². The van der Waals surface area contributed by atoms with E-state index in [1.165, 1.54) is 6.20 Å². The molecule has 0 saturated carbocycles. The van der Waals surface area contributed by atoms with Crippen molar-refractivity contribution in [3.63, 3.8) is 0 Å². The minimum absolute atomic E-state index is 0.261. The molecule has 0 fully saturated rings. The summed E-state index contributed by atoms with van der Waals surface area (Å²) in [5.41, 5.74) is 3.88. The van der Waals surface area contributed by atoms with Crippen LogP contribution in [0.25, 0.3) is 0 Å². The Bertz CT molecular complexity index is 957. The molecule has 0 aliphatic heterocycles. The first-order valence-electron chi connectivity index (χ1n) is 8.41. The number of methoxy groups -OCH3 is 2. The minimum Gasteiger partial charge on any atom is -0.493 e. The highest BCUT2D eigenvalue weighted by Crippen LogP contribution is 2.30. The summed E-state index contributed by atoms with van der Waals surface area (Å²) in [7, 11) is 3.11. The number of amides is 1. The molecular formula is C21H21N3O3. The summed E-state index contributed by atoms with van der Waals surface area (Å²) < 4.78 is 10.5. The summed E-state index contributed by atoms with van der Waals surface area (Å²) in [6.07, 6.45) is 3.20. The van der Waals surface area contributed by atoms with Crippen LogP contribution in [0.2, 0.25) is 0 Å². The lowest BCUT2D eigenvalue weighted by molar-refractivity contribution is 0.102. The van der Waals surface area contributed by atoms with Crippen molar-refractivity contribution in [1.82, 2.24) is 4.98 Å². The molecule has 0 aliphatic carbocycles. The van der Waals surface area contributed by atoms with E-state index < -0.39 is 0 Å². The molecule has 0 unspecified atom stereocenters. The minimum atomic E-state index is -0.261. The predicted octanol–water partition coefficient (Wildman–Crippen LogP) is 4.40. The van der Waals surface area contributed by atoms with Crippen LogP contribution in [0.4, 0.5) is 17.1 Å². The van der Waals surface area contributed by atoms with E-state index >= 15 is 0 Å². The highest BCUT2D eigenvalue weighted by atomic mass is 16.5. The molecular weight excluding hydrogens is 342 g/mol. The van der Waals surface area contributed by atoms with Crippen LogP contribution in [0.3, 0.4) is 0 Å². The molecule has 27 heavy (non-hydrogen) atoms. The maximum atomic E-state index is 12.6. The molecule has 0 radical (unpaired) electrons. The second-order valence-electron chi connectivity index (χ2n) is 5.98. The van der Waals surface area contributed by atoms with Crippen molar-refractivity contribution >= 4 is 23.0 Å². The van der Waals surface area contributed by atoms with E-state index in [-0.39, 0.29) is 5.91 Å². The fourth-order valence-electron chi connectivity index (χ4n) is 2.64. The first kappa shape index (κ1) is 18.3. The first-order chi connectivity index (χ1) is 13.1. The molecule has 138 valence electrons. The Balaban J connectivity index is 1.75. The molecule has 2 aromatic carbocycles. The Morgan fingerprint density at radius 2 is 1.70 bits per heavy atom. The zero-order valence-corrected chi connectivity index (χ0v) is 15.4. The second-order valence-corrected chi connectivity index (χ2v) is 5.98. The second kappa shape index (κ2) is 8.23. The van der Waals surface area contributed by atoms with Crippen LogP contribution in [0.1, 0.15) is 15.9 Å². The molecule has 0 atom stereocenters. The number of pyridine rings is 1. The van der Waals surface area contributed by atoms with E-state index in [9.17, 15) is 4.79 Å². The average Bonchev–Trinajstić information content (AvgIpc) is 2.68. The molecule has 0 aliphatic rings. The predicted molar refractivity (Wildman–Crippen MR) is 106 cm³/mol. The van der Waals surface area contributed by atoms with Crippen LogP contribution < -0.4 is 20.1 Å². The number of carbonyl (C=O) groups excluding carboxylic acids is 1. The number of aryl methyl sites for hydroxylation is 1. The zero-order chi connectivity index (χ0) is 19.2. The van der Waals surface area contributed by atoms with Crippen LogP contribution in [-0.2, 0) is 0 Å². The lowest BCUT2D eigenvalue weighted by Gasteiger charge is -2.11. The van der Waals surface area contributed by atoms with Crippen molar-refractivity contribution in [3.05, 3.63) is 72.1 Å². The van der Waals surface area contributed by atoms with Gasteiger partial charge in [-0.25, -0.2) is 0 Å². The summed E-state index contributed by atoms with van der Waals surface area (Å²) in [6, 6.07) is 14.9. The average molecular weight is 363 g/mol. The van der Waals surface area contributed by atoms with Crippen molar-refractivity contribution in [3.8, 4) is 11.5 Å². The Labute approximate surface area is 158 Å². The third-order valence-electron chi connectivity index (χ3n) is 3.95. The van der Waals surface area contributed by atoms with Gasteiger partial charge in [0.05, 0.1) is 31.7 Å². The number of carbonyl (C=O) groups is 1. The Morgan fingerprint density at radius 1 is 0.889 bits per heavy atom. The molecule has 2 N–H and O–H groups in total. The molecule has 3 aromatic rings. The smallest absolute Gasteiger partial charge is 0.257 e. The summed E-state index contributed by atoms with van der Waals surface area (Å²) in [6.45, 7) is 2.02. The number of rotatable bonds is 6. The van der Waals surface area contributed by atoms with Crippen molar-refractivity contribution in [2.75, 3.05) is 24.9 Å². The maximum absolute atomic E-state index is 12.6. The van der Waals surface area contributed by atoms with Crippen LogP contribution in [-0.4, -0.2) is 25.1 Å². The van der Waals surface area contributed by atoms with E-state index in [1.54, 1.807) is 44.7 Å². The molecule has 6 heteroatoms. The molecule has 1 heterocycles. The first-order valence-corrected chi connectivity index (χ1v) is 8.41. The lowest BCUT2D eigenvalue weighted by atomic mass is 10.2. The van der Waals surface area contributed by atoms with Crippen LogP contribution in [0, 0.1) is 6.92 Å². The molecule has 1 amide bonds. The summed E-state index contributed by atoms with van der Waals surface area (Å²) in [5.74, 6) is 0.882. The SMILES string of the molecule is COc1ccc(NC(=O)c2cncc(Nc3cccc(C)c3)c2)cc1OC. The molecule has 6 nitrogen and oxygen atoms in total. The van der Waals surface area contributed by atoms with Gasteiger partial charge in [0, 0.05) is 23.6 Å². The largest absolute Gasteiger partial charge is 0.493 e. The zero-order valence-electron chi connectivity index (χ0n) is 15.4. The van der Waals surface area contributed by atoms with Gasteiger partial charge in [-0.05, 0) is 42.8 Å². The number of ether oxygens (including phenoxy) is 2. The fraction of sp³-hybridized carbons (Fsp3) is 0.143. The third-order valence-corrected chi connectivity index (χ3v) is 3.95. The van der Waals surface area contributed by atoms with Gasteiger partial charge in [-0.2, -0.15) is 0 Å². The number of anilines is 3. The molecule has 0 spiro atoms. The Hall–Kier alpha value is -3.54. The number of nitrogens with zero attached hydrogens (tertiary/aromatic N) is 1. The van der Waals surface area contributed by atoms with Crippen LogP contribution in [0.15, 0.2) is 60.9 Å². The Kier molecular flexibility index (Phi) is 5.56. The van der Waals surface area contributed by atoms with Crippen molar-refractivity contribution < 1.29 is 14.3 Å². The standard InChI is InChI=1S/C21H21N3O3/c1-14-5-4-6-16(9-14)23-18-10-15(12-22-13-18)21(25)24-17-7-8-19(26-2)20(11-17)27-3/h4-13,23H,1-3H3,(H,24,25). The van der Waals surface area contributed by atoms with Crippen molar-refractivity contribution in [2.24, 2.45) is 0 Å². The van der Waals surface area contributed by atoms with Crippen molar-refractivity contribution in [1.29, 1.82) is 0 Å². The highest BCUT2D eigenvalue weighted by molar-refractivity contribution is 6.04. The topological polar surface area (TPSA) is 72.5 Å².